The molecule has 1 nitrogen and oxygen atoms in total. The number of alkyl halides is 2. The van der Waals surface area contributed by atoms with Crippen LogP contribution in [0, 0.1) is 5.92 Å². The molecule has 0 fully saturated rings. The van der Waals surface area contributed by atoms with E-state index in [1.165, 1.54) is 0 Å². The highest BCUT2D eigenvalue weighted by Gasteiger charge is 2.12. The summed E-state index contributed by atoms with van der Waals surface area (Å²) in [7, 11) is 0. The maximum atomic E-state index is 11.4. The minimum absolute atomic E-state index is 0.152. The zero-order chi connectivity index (χ0) is 7.44. The van der Waals surface area contributed by atoms with Crippen molar-refractivity contribution in [2.75, 3.05) is 0 Å². The van der Waals surface area contributed by atoms with E-state index in [1.807, 2.05) is 13.8 Å². The van der Waals surface area contributed by atoms with E-state index < -0.39 is 6.61 Å². The van der Waals surface area contributed by atoms with Gasteiger partial charge in [0.05, 0.1) is 6.10 Å². The highest BCUT2D eigenvalue weighted by atomic mass is 19.3. The van der Waals surface area contributed by atoms with Crippen LogP contribution in [0.1, 0.15) is 20.8 Å². The number of hydrogen-bond donors (Lipinski definition) is 0. The molecule has 0 amide bonds. The van der Waals surface area contributed by atoms with Crippen molar-refractivity contribution >= 4 is 0 Å². The smallest absolute Gasteiger partial charge is 0.320 e. The fraction of sp³-hybridized carbons (Fsp3) is 1.00. The summed E-state index contributed by atoms with van der Waals surface area (Å²) >= 11 is 0. The molecule has 0 bridgehead atoms. The lowest BCUT2D eigenvalue weighted by atomic mass is 10.1. The van der Waals surface area contributed by atoms with Crippen LogP contribution in [0.25, 0.3) is 0 Å². The van der Waals surface area contributed by atoms with Crippen molar-refractivity contribution in [3.63, 3.8) is 0 Å². The second-order valence-electron chi connectivity index (χ2n) is 2.35. The van der Waals surface area contributed by atoms with Crippen LogP contribution in [0.5, 0.6) is 0 Å². The summed E-state index contributed by atoms with van der Waals surface area (Å²) < 4.78 is 27.0. The van der Waals surface area contributed by atoms with Gasteiger partial charge in [-0.2, -0.15) is 8.78 Å². The molecule has 0 saturated carbocycles. The van der Waals surface area contributed by atoms with Gasteiger partial charge >= 0.3 is 6.61 Å². The van der Waals surface area contributed by atoms with Gasteiger partial charge in [0.15, 0.2) is 0 Å². The molecule has 0 aliphatic heterocycles. The first-order valence-corrected chi connectivity index (χ1v) is 2.97. The zero-order valence-corrected chi connectivity index (χ0v) is 5.90. The largest absolute Gasteiger partial charge is 0.345 e. The van der Waals surface area contributed by atoms with Gasteiger partial charge in [0.2, 0.25) is 0 Å². The van der Waals surface area contributed by atoms with Gasteiger partial charge < -0.3 is 4.74 Å². The summed E-state index contributed by atoms with van der Waals surface area (Å²) in [5.74, 6) is 0.152. The molecule has 1 atom stereocenters. The van der Waals surface area contributed by atoms with Gasteiger partial charge in [-0.15, -0.1) is 0 Å². The molecule has 0 radical (unpaired) electrons. The molecule has 0 N–H and O–H groups in total. The van der Waals surface area contributed by atoms with Gasteiger partial charge in [-0.25, -0.2) is 0 Å². The van der Waals surface area contributed by atoms with Crippen LogP contribution in [-0.2, 0) is 4.74 Å². The van der Waals surface area contributed by atoms with Crippen LogP contribution in [0.3, 0.4) is 0 Å². The lowest BCUT2D eigenvalue weighted by molar-refractivity contribution is -0.167. The van der Waals surface area contributed by atoms with E-state index in [1.54, 1.807) is 6.92 Å². The number of halogens is 2. The van der Waals surface area contributed by atoms with Crippen molar-refractivity contribution in [2.24, 2.45) is 5.92 Å². The molecule has 0 unspecified atom stereocenters. The van der Waals surface area contributed by atoms with E-state index in [0.717, 1.165) is 0 Å². The Kier molecular flexibility index (Phi) is 3.70. The van der Waals surface area contributed by atoms with E-state index in [4.69, 9.17) is 0 Å². The van der Waals surface area contributed by atoms with Gasteiger partial charge in [-0.05, 0) is 12.8 Å². The van der Waals surface area contributed by atoms with E-state index in [9.17, 15) is 8.78 Å². The van der Waals surface area contributed by atoms with Crippen molar-refractivity contribution in [3.8, 4) is 0 Å². The Hall–Kier alpha value is -0.180. The van der Waals surface area contributed by atoms with E-state index in [-0.39, 0.29) is 12.0 Å². The maximum absolute atomic E-state index is 11.4. The Balaban J connectivity index is 3.38. The third-order valence-electron chi connectivity index (χ3n) is 1.26. The van der Waals surface area contributed by atoms with Crippen molar-refractivity contribution < 1.29 is 13.5 Å². The predicted octanol–water partition coefficient (Wildman–Crippen LogP) is 2.27. The third kappa shape index (κ3) is 4.33. The number of rotatable bonds is 3. The normalized spacial score (nSPS) is 15.0. The minimum Gasteiger partial charge on any atom is -0.320 e. The van der Waals surface area contributed by atoms with Crippen LogP contribution < -0.4 is 0 Å². The van der Waals surface area contributed by atoms with Crippen LogP contribution >= 0.6 is 0 Å². The van der Waals surface area contributed by atoms with Gasteiger partial charge in [0.25, 0.3) is 0 Å². The molecule has 0 aromatic rings. The molecular weight excluding hydrogens is 126 g/mol. The van der Waals surface area contributed by atoms with E-state index >= 15 is 0 Å². The first kappa shape index (κ1) is 8.82. The Morgan fingerprint density at radius 3 is 1.67 bits per heavy atom. The second-order valence-corrected chi connectivity index (χ2v) is 2.35. The van der Waals surface area contributed by atoms with Crippen molar-refractivity contribution in [1.82, 2.24) is 0 Å². The SMILES string of the molecule is CC(C)[C@@H](C)OC(F)F. The molecule has 0 aromatic heterocycles. The maximum Gasteiger partial charge on any atom is 0.345 e. The van der Waals surface area contributed by atoms with E-state index in [2.05, 4.69) is 4.74 Å². The Labute approximate surface area is 54.0 Å². The van der Waals surface area contributed by atoms with Gasteiger partial charge in [0.1, 0.15) is 0 Å². The Morgan fingerprint density at radius 2 is 1.56 bits per heavy atom. The lowest BCUT2D eigenvalue weighted by Gasteiger charge is -2.14. The van der Waals surface area contributed by atoms with Gasteiger partial charge in [-0.1, -0.05) is 13.8 Å². The minimum atomic E-state index is -2.64. The third-order valence-corrected chi connectivity index (χ3v) is 1.26. The molecule has 0 aromatic carbocycles. The molecule has 0 spiro atoms. The average molecular weight is 138 g/mol. The summed E-state index contributed by atoms with van der Waals surface area (Å²) in [5.41, 5.74) is 0. The van der Waals surface area contributed by atoms with Crippen LogP contribution in [0.4, 0.5) is 8.78 Å². The molecule has 9 heavy (non-hydrogen) atoms. The summed E-state index contributed by atoms with van der Waals surface area (Å²) in [4.78, 5) is 0. The number of hydrogen-bond acceptors (Lipinski definition) is 1. The van der Waals surface area contributed by atoms with Gasteiger partial charge in [0, 0.05) is 0 Å². The zero-order valence-electron chi connectivity index (χ0n) is 5.90. The standard InChI is InChI=1S/C6H12F2O/c1-4(2)5(3)9-6(7)8/h4-6H,1-3H3/t5-/m1/s1. The molecule has 0 heterocycles. The molecule has 0 aliphatic carbocycles. The van der Waals surface area contributed by atoms with Crippen molar-refractivity contribution in [3.05, 3.63) is 0 Å². The second kappa shape index (κ2) is 3.77. The van der Waals surface area contributed by atoms with Crippen LogP contribution in [0.15, 0.2) is 0 Å². The quantitative estimate of drug-likeness (QED) is 0.581. The Morgan fingerprint density at radius 1 is 1.11 bits per heavy atom. The summed E-state index contributed by atoms with van der Waals surface area (Å²) in [5, 5.41) is 0. The van der Waals surface area contributed by atoms with Crippen molar-refractivity contribution in [1.29, 1.82) is 0 Å². The van der Waals surface area contributed by atoms with Gasteiger partial charge in [-0.3, -0.25) is 0 Å². The Bertz CT molecular complexity index is 73.5. The molecule has 56 valence electrons. The molecule has 0 saturated heterocycles. The lowest BCUT2D eigenvalue weighted by Crippen LogP contribution is -2.18. The first-order chi connectivity index (χ1) is 4.04. The monoisotopic (exact) mass is 138 g/mol. The molecular formula is C6H12F2O. The predicted molar refractivity (Wildman–Crippen MR) is 31.4 cm³/mol. The van der Waals surface area contributed by atoms with Crippen molar-refractivity contribution in [2.45, 2.75) is 33.5 Å². The van der Waals surface area contributed by atoms with Crippen LogP contribution in [-0.4, -0.2) is 12.7 Å². The fourth-order valence-electron chi connectivity index (χ4n) is 0.319. The molecule has 3 heteroatoms. The number of ether oxygens (including phenoxy) is 1. The first-order valence-electron chi connectivity index (χ1n) is 2.97. The molecule has 0 aliphatic rings. The molecule has 0 rings (SSSR count). The average Bonchev–Trinajstić information content (AvgIpc) is 1.63. The summed E-state index contributed by atoms with van der Waals surface area (Å²) in [6.07, 6.45) is -0.356. The topological polar surface area (TPSA) is 9.23 Å². The highest BCUT2D eigenvalue weighted by Crippen LogP contribution is 2.09. The fourth-order valence-corrected chi connectivity index (χ4v) is 0.319. The van der Waals surface area contributed by atoms with Crippen LogP contribution in [0.2, 0.25) is 0 Å². The van der Waals surface area contributed by atoms with E-state index in [0.29, 0.717) is 0 Å². The summed E-state index contributed by atoms with van der Waals surface area (Å²) in [6, 6.07) is 0. The highest BCUT2D eigenvalue weighted by molar-refractivity contribution is 4.52. The summed E-state index contributed by atoms with van der Waals surface area (Å²) in [6.45, 7) is 2.68.